The minimum atomic E-state index is 0.00509. The molecular weight excluding hydrogens is 208 g/mol. The van der Waals surface area contributed by atoms with Crippen molar-refractivity contribution in [1.82, 2.24) is 0 Å². The van der Waals surface area contributed by atoms with Crippen LogP contribution < -0.4 is 0 Å². The third-order valence-corrected chi connectivity index (χ3v) is 4.02. The van der Waals surface area contributed by atoms with Crippen molar-refractivity contribution in [3.8, 4) is 0 Å². The lowest BCUT2D eigenvalue weighted by Crippen LogP contribution is -2.07. The number of rotatable bonds is 3. The highest BCUT2D eigenvalue weighted by atomic mass is 32.2. The van der Waals surface area contributed by atoms with Gasteiger partial charge in [-0.25, -0.2) is 0 Å². The topological polar surface area (TPSA) is 30.2 Å². The number of carbonyl (C=O) groups excluding carboxylic acids is 1. The Balaban J connectivity index is 1.94. The van der Waals surface area contributed by atoms with Crippen LogP contribution in [0.25, 0.3) is 0 Å². The summed E-state index contributed by atoms with van der Waals surface area (Å²) in [6.07, 6.45) is 6.59. The first-order chi connectivity index (χ1) is 7.25. The molecule has 82 valence electrons. The van der Waals surface area contributed by atoms with Gasteiger partial charge in [-0.05, 0) is 25.0 Å². The molecule has 0 aromatic carbocycles. The summed E-state index contributed by atoms with van der Waals surface area (Å²) in [6.45, 7) is 1.54. The molecule has 1 saturated carbocycles. The smallest absolute Gasteiger partial charge is 0.194 e. The Morgan fingerprint density at radius 1 is 1.33 bits per heavy atom. The number of thioether (sulfide) groups is 1. The van der Waals surface area contributed by atoms with Crippen LogP contribution in [0.15, 0.2) is 21.6 Å². The second-order valence-corrected chi connectivity index (χ2v) is 5.36. The van der Waals surface area contributed by atoms with E-state index in [9.17, 15) is 4.79 Å². The summed E-state index contributed by atoms with van der Waals surface area (Å²) >= 11 is 1.78. The number of hydrogen-bond donors (Lipinski definition) is 0. The molecule has 1 heterocycles. The van der Waals surface area contributed by atoms with Gasteiger partial charge in [0, 0.05) is 12.2 Å². The second kappa shape index (κ2) is 4.88. The molecule has 0 spiro atoms. The van der Waals surface area contributed by atoms with Crippen molar-refractivity contribution < 1.29 is 9.21 Å². The van der Waals surface area contributed by atoms with Gasteiger partial charge in [0.15, 0.2) is 16.6 Å². The fourth-order valence-electron chi connectivity index (χ4n) is 1.92. The van der Waals surface area contributed by atoms with Crippen LogP contribution >= 0.6 is 11.8 Å². The Bertz CT molecular complexity index is 337. The number of furan rings is 1. The SMILES string of the molecule is CC(=O)c1ccc(SC2CCCCC2)o1. The van der Waals surface area contributed by atoms with Crippen molar-refractivity contribution >= 4 is 17.5 Å². The third kappa shape index (κ3) is 2.88. The van der Waals surface area contributed by atoms with Crippen LogP contribution in [0.3, 0.4) is 0 Å². The predicted octanol–water partition coefficient (Wildman–Crippen LogP) is 3.91. The molecule has 0 aliphatic heterocycles. The summed E-state index contributed by atoms with van der Waals surface area (Å²) in [5, 5.41) is 1.58. The maximum absolute atomic E-state index is 11.0. The molecule has 2 rings (SSSR count). The highest BCUT2D eigenvalue weighted by Gasteiger charge is 2.16. The van der Waals surface area contributed by atoms with Crippen LogP contribution in [0.2, 0.25) is 0 Å². The zero-order valence-electron chi connectivity index (χ0n) is 8.99. The summed E-state index contributed by atoms with van der Waals surface area (Å²) in [5.74, 6) is 0.485. The van der Waals surface area contributed by atoms with Crippen molar-refractivity contribution in [3.05, 3.63) is 17.9 Å². The standard InChI is InChI=1S/C12H16O2S/c1-9(13)11-7-8-12(14-11)15-10-5-3-2-4-6-10/h7-8,10H,2-6H2,1H3. The normalized spacial score (nSPS) is 17.9. The van der Waals surface area contributed by atoms with Crippen molar-refractivity contribution in [2.45, 2.75) is 49.4 Å². The van der Waals surface area contributed by atoms with E-state index in [0.29, 0.717) is 11.0 Å². The van der Waals surface area contributed by atoms with E-state index in [-0.39, 0.29) is 5.78 Å². The highest BCUT2D eigenvalue weighted by molar-refractivity contribution is 7.99. The third-order valence-electron chi connectivity index (χ3n) is 2.76. The summed E-state index contributed by atoms with van der Waals surface area (Å²) in [7, 11) is 0. The van der Waals surface area contributed by atoms with Crippen LogP contribution in [0.4, 0.5) is 0 Å². The molecule has 3 heteroatoms. The molecule has 1 aromatic heterocycles. The lowest BCUT2D eigenvalue weighted by atomic mass is 10.0. The average molecular weight is 224 g/mol. The van der Waals surface area contributed by atoms with Crippen molar-refractivity contribution in [2.24, 2.45) is 0 Å². The van der Waals surface area contributed by atoms with Crippen molar-refractivity contribution in [2.75, 3.05) is 0 Å². The fourth-order valence-corrected chi connectivity index (χ4v) is 3.10. The van der Waals surface area contributed by atoms with Crippen molar-refractivity contribution in [1.29, 1.82) is 0 Å². The summed E-state index contributed by atoms with van der Waals surface area (Å²) < 4.78 is 5.46. The van der Waals surface area contributed by atoms with Gasteiger partial charge in [-0.15, -0.1) is 0 Å². The molecule has 1 fully saturated rings. The van der Waals surface area contributed by atoms with Gasteiger partial charge in [0.25, 0.3) is 0 Å². The Hall–Kier alpha value is -0.700. The first-order valence-electron chi connectivity index (χ1n) is 5.53. The Kier molecular flexibility index (Phi) is 3.52. The van der Waals surface area contributed by atoms with E-state index in [2.05, 4.69) is 0 Å². The Morgan fingerprint density at radius 3 is 2.67 bits per heavy atom. The van der Waals surface area contributed by atoms with E-state index in [1.165, 1.54) is 39.0 Å². The first-order valence-corrected chi connectivity index (χ1v) is 6.41. The second-order valence-electron chi connectivity index (χ2n) is 4.05. The van der Waals surface area contributed by atoms with Crippen LogP contribution in [0.1, 0.15) is 49.6 Å². The van der Waals surface area contributed by atoms with Crippen molar-refractivity contribution in [3.63, 3.8) is 0 Å². The van der Waals surface area contributed by atoms with E-state index in [1.54, 1.807) is 17.8 Å². The molecule has 0 bridgehead atoms. The van der Waals surface area contributed by atoms with Crippen LogP contribution in [-0.2, 0) is 0 Å². The molecular formula is C12H16O2S. The molecule has 15 heavy (non-hydrogen) atoms. The Labute approximate surface area is 94.4 Å². The number of hydrogen-bond acceptors (Lipinski definition) is 3. The zero-order valence-corrected chi connectivity index (χ0v) is 9.81. The van der Waals surface area contributed by atoms with Gasteiger partial charge in [0.1, 0.15) is 0 Å². The molecule has 0 amide bonds. The van der Waals surface area contributed by atoms with Gasteiger partial charge in [-0.1, -0.05) is 31.0 Å². The summed E-state index contributed by atoms with van der Waals surface area (Å²) in [4.78, 5) is 11.0. The van der Waals surface area contributed by atoms with E-state index in [4.69, 9.17) is 4.42 Å². The van der Waals surface area contributed by atoms with Crippen LogP contribution in [0.5, 0.6) is 0 Å². The molecule has 1 aliphatic rings. The predicted molar refractivity (Wildman–Crippen MR) is 61.4 cm³/mol. The molecule has 1 aromatic rings. The average Bonchev–Trinajstić information content (AvgIpc) is 2.68. The molecule has 1 aliphatic carbocycles. The maximum atomic E-state index is 11.0. The van der Waals surface area contributed by atoms with E-state index in [0.717, 1.165) is 5.09 Å². The minimum absolute atomic E-state index is 0.00509. The first kappa shape index (κ1) is 10.8. The lowest BCUT2D eigenvalue weighted by Gasteiger charge is -2.19. The van der Waals surface area contributed by atoms with E-state index >= 15 is 0 Å². The molecule has 2 nitrogen and oxygen atoms in total. The number of ketones is 1. The van der Waals surface area contributed by atoms with Crippen LogP contribution in [0, 0.1) is 0 Å². The van der Waals surface area contributed by atoms with Gasteiger partial charge >= 0.3 is 0 Å². The molecule has 0 N–H and O–H groups in total. The van der Waals surface area contributed by atoms with Crippen LogP contribution in [-0.4, -0.2) is 11.0 Å². The van der Waals surface area contributed by atoms with Gasteiger partial charge in [0.2, 0.25) is 0 Å². The molecule has 0 saturated heterocycles. The zero-order chi connectivity index (χ0) is 10.7. The quantitative estimate of drug-likeness (QED) is 0.729. The largest absolute Gasteiger partial charge is 0.447 e. The minimum Gasteiger partial charge on any atom is -0.447 e. The van der Waals surface area contributed by atoms with E-state index in [1.807, 2.05) is 6.07 Å². The van der Waals surface area contributed by atoms with Gasteiger partial charge in [0.05, 0.1) is 0 Å². The van der Waals surface area contributed by atoms with E-state index < -0.39 is 0 Å². The van der Waals surface area contributed by atoms with Gasteiger partial charge in [-0.3, -0.25) is 4.79 Å². The summed E-state index contributed by atoms with van der Waals surface area (Å²) in [5.41, 5.74) is 0. The molecule has 0 radical (unpaired) electrons. The lowest BCUT2D eigenvalue weighted by molar-refractivity contribution is 0.0982. The number of Topliss-reactive ketones (excluding diaryl/α,β-unsaturated/α-hetero) is 1. The molecule has 0 atom stereocenters. The maximum Gasteiger partial charge on any atom is 0.194 e. The Morgan fingerprint density at radius 2 is 2.07 bits per heavy atom. The number of carbonyl (C=O) groups is 1. The monoisotopic (exact) mass is 224 g/mol. The molecule has 0 unspecified atom stereocenters. The summed E-state index contributed by atoms with van der Waals surface area (Å²) in [6, 6.07) is 3.68. The van der Waals surface area contributed by atoms with Gasteiger partial charge < -0.3 is 4.42 Å². The fraction of sp³-hybridized carbons (Fsp3) is 0.583. The van der Waals surface area contributed by atoms with Gasteiger partial charge in [-0.2, -0.15) is 0 Å². The highest BCUT2D eigenvalue weighted by Crippen LogP contribution is 2.34.